The van der Waals surface area contributed by atoms with Crippen LogP contribution in [0.1, 0.15) is 29.1 Å². The van der Waals surface area contributed by atoms with E-state index in [1.807, 2.05) is 0 Å². The maximum absolute atomic E-state index is 12.3. The Morgan fingerprint density at radius 1 is 1.35 bits per heavy atom. The highest BCUT2D eigenvalue weighted by atomic mass is 32.1. The van der Waals surface area contributed by atoms with Crippen LogP contribution < -0.4 is 5.56 Å². The summed E-state index contributed by atoms with van der Waals surface area (Å²) in [5, 5.41) is 8.44. The van der Waals surface area contributed by atoms with E-state index in [4.69, 9.17) is 0 Å². The van der Waals surface area contributed by atoms with Gasteiger partial charge in [0.25, 0.3) is 5.56 Å². The monoisotopic (exact) mass is 287 g/mol. The molecule has 0 aromatic carbocycles. The Labute approximate surface area is 118 Å². The van der Waals surface area contributed by atoms with Crippen LogP contribution in [0, 0.1) is 0 Å². The number of aryl methyl sites for hydroxylation is 2. The van der Waals surface area contributed by atoms with Crippen LogP contribution in [-0.2, 0) is 19.4 Å². The smallest absolute Gasteiger partial charge is 0.259 e. The second-order valence-corrected chi connectivity index (χ2v) is 6.09. The number of H-pyrrole nitrogens is 1. The van der Waals surface area contributed by atoms with Gasteiger partial charge in [0.1, 0.15) is 17.2 Å². The van der Waals surface area contributed by atoms with Gasteiger partial charge in [-0.15, -0.1) is 16.4 Å². The SMILES string of the molecule is O=c1[nH]c(Cn2ccnn2)nc2sc3c(c12)CCCC3. The zero-order chi connectivity index (χ0) is 13.5. The highest BCUT2D eigenvalue weighted by molar-refractivity contribution is 7.18. The standard InChI is InChI=1S/C13H13N5OS/c19-12-11-8-3-1-2-4-9(8)20-13(11)16-10(15-12)7-18-6-5-14-17-18/h5-6H,1-4,7H2,(H,15,16,19). The Kier molecular flexibility index (Phi) is 2.66. The van der Waals surface area contributed by atoms with Crippen molar-refractivity contribution in [2.45, 2.75) is 32.2 Å². The van der Waals surface area contributed by atoms with E-state index in [0.717, 1.165) is 23.1 Å². The molecule has 7 heteroatoms. The molecule has 3 heterocycles. The van der Waals surface area contributed by atoms with E-state index >= 15 is 0 Å². The molecule has 1 aliphatic rings. The van der Waals surface area contributed by atoms with Crippen LogP contribution in [0.15, 0.2) is 17.2 Å². The molecule has 6 nitrogen and oxygen atoms in total. The van der Waals surface area contributed by atoms with Crippen molar-refractivity contribution >= 4 is 21.6 Å². The molecule has 0 radical (unpaired) electrons. The predicted octanol–water partition coefficient (Wildman–Crippen LogP) is 1.50. The normalized spacial score (nSPS) is 14.6. The van der Waals surface area contributed by atoms with E-state index in [1.165, 1.54) is 23.3 Å². The van der Waals surface area contributed by atoms with Gasteiger partial charge in [0.2, 0.25) is 0 Å². The number of rotatable bonds is 2. The van der Waals surface area contributed by atoms with Gasteiger partial charge in [0.15, 0.2) is 0 Å². The van der Waals surface area contributed by atoms with Gasteiger partial charge in [-0.1, -0.05) is 5.21 Å². The van der Waals surface area contributed by atoms with Crippen molar-refractivity contribution in [3.8, 4) is 0 Å². The van der Waals surface area contributed by atoms with Gasteiger partial charge in [-0.3, -0.25) is 4.79 Å². The largest absolute Gasteiger partial charge is 0.308 e. The number of aromatic amines is 1. The van der Waals surface area contributed by atoms with Crippen LogP contribution in [0.3, 0.4) is 0 Å². The average Bonchev–Trinajstić information content (AvgIpc) is 3.05. The molecule has 102 valence electrons. The van der Waals surface area contributed by atoms with Crippen molar-refractivity contribution in [1.29, 1.82) is 0 Å². The fraction of sp³-hybridized carbons (Fsp3) is 0.385. The van der Waals surface area contributed by atoms with Crippen molar-refractivity contribution in [3.63, 3.8) is 0 Å². The van der Waals surface area contributed by atoms with Crippen molar-refractivity contribution < 1.29 is 0 Å². The van der Waals surface area contributed by atoms with E-state index in [9.17, 15) is 4.79 Å². The lowest BCUT2D eigenvalue weighted by Gasteiger charge is -2.09. The molecule has 1 aliphatic carbocycles. The van der Waals surface area contributed by atoms with Gasteiger partial charge >= 0.3 is 0 Å². The summed E-state index contributed by atoms with van der Waals surface area (Å²) in [7, 11) is 0. The summed E-state index contributed by atoms with van der Waals surface area (Å²) in [6, 6.07) is 0. The summed E-state index contributed by atoms with van der Waals surface area (Å²) in [4.78, 5) is 22.0. The minimum Gasteiger partial charge on any atom is -0.308 e. The molecule has 0 saturated carbocycles. The van der Waals surface area contributed by atoms with E-state index in [1.54, 1.807) is 28.4 Å². The average molecular weight is 287 g/mol. The van der Waals surface area contributed by atoms with E-state index < -0.39 is 0 Å². The van der Waals surface area contributed by atoms with Crippen LogP contribution in [0.4, 0.5) is 0 Å². The molecular formula is C13H13N5OS. The number of hydrogen-bond donors (Lipinski definition) is 1. The summed E-state index contributed by atoms with van der Waals surface area (Å²) in [6.07, 6.45) is 7.82. The number of nitrogens with zero attached hydrogens (tertiary/aromatic N) is 4. The molecule has 0 fully saturated rings. The Morgan fingerprint density at radius 2 is 2.25 bits per heavy atom. The zero-order valence-corrected chi connectivity index (χ0v) is 11.6. The summed E-state index contributed by atoms with van der Waals surface area (Å²) >= 11 is 1.66. The third-order valence-electron chi connectivity index (χ3n) is 3.66. The Hall–Kier alpha value is -2.02. The van der Waals surface area contributed by atoms with Crippen LogP contribution in [-0.4, -0.2) is 25.0 Å². The van der Waals surface area contributed by atoms with E-state index in [2.05, 4.69) is 20.3 Å². The third-order valence-corrected chi connectivity index (χ3v) is 4.84. The number of hydrogen-bond acceptors (Lipinski definition) is 5. The minimum absolute atomic E-state index is 0.0236. The van der Waals surface area contributed by atoms with Gasteiger partial charge in [0.05, 0.1) is 11.6 Å². The Balaban J connectivity index is 1.84. The summed E-state index contributed by atoms with van der Waals surface area (Å²) < 4.78 is 1.65. The molecule has 0 bridgehead atoms. The molecule has 0 aliphatic heterocycles. The second-order valence-electron chi connectivity index (χ2n) is 5.00. The van der Waals surface area contributed by atoms with Gasteiger partial charge < -0.3 is 4.98 Å². The molecule has 0 saturated heterocycles. The lowest BCUT2D eigenvalue weighted by Crippen LogP contribution is -2.15. The summed E-state index contributed by atoms with van der Waals surface area (Å²) in [5.41, 5.74) is 1.20. The van der Waals surface area contributed by atoms with E-state index in [-0.39, 0.29) is 5.56 Å². The molecule has 20 heavy (non-hydrogen) atoms. The molecule has 3 aromatic heterocycles. The first-order valence-corrected chi connectivity index (χ1v) is 7.50. The summed E-state index contributed by atoms with van der Waals surface area (Å²) in [5.74, 6) is 0.631. The fourth-order valence-electron chi connectivity index (χ4n) is 2.75. The Morgan fingerprint density at radius 3 is 3.10 bits per heavy atom. The molecule has 0 amide bonds. The minimum atomic E-state index is -0.0236. The fourth-order valence-corrected chi connectivity index (χ4v) is 4.03. The Bertz CT molecular complexity index is 817. The number of nitrogens with one attached hydrogen (secondary N) is 1. The van der Waals surface area contributed by atoms with E-state index in [0.29, 0.717) is 12.4 Å². The van der Waals surface area contributed by atoms with Crippen LogP contribution in [0.25, 0.3) is 10.2 Å². The van der Waals surface area contributed by atoms with Crippen molar-refractivity contribution in [3.05, 3.63) is 39.0 Å². The molecule has 0 spiro atoms. The molecule has 3 aromatic rings. The number of thiophene rings is 1. The van der Waals surface area contributed by atoms with Crippen molar-refractivity contribution in [2.75, 3.05) is 0 Å². The lowest BCUT2D eigenvalue weighted by molar-refractivity contribution is 0.625. The van der Waals surface area contributed by atoms with Gasteiger partial charge in [0, 0.05) is 11.1 Å². The maximum atomic E-state index is 12.3. The van der Waals surface area contributed by atoms with Crippen LogP contribution in [0.2, 0.25) is 0 Å². The lowest BCUT2D eigenvalue weighted by atomic mass is 9.97. The van der Waals surface area contributed by atoms with Gasteiger partial charge in [-0.2, -0.15) is 0 Å². The molecular weight excluding hydrogens is 274 g/mol. The molecule has 0 atom stereocenters. The maximum Gasteiger partial charge on any atom is 0.259 e. The first-order valence-electron chi connectivity index (χ1n) is 6.69. The second kappa shape index (κ2) is 4.52. The molecule has 0 unspecified atom stereocenters. The topological polar surface area (TPSA) is 76.5 Å². The highest BCUT2D eigenvalue weighted by Crippen LogP contribution is 2.33. The van der Waals surface area contributed by atoms with Gasteiger partial charge in [-0.25, -0.2) is 9.67 Å². The first kappa shape index (κ1) is 11.8. The van der Waals surface area contributed by atoms with Crippen molar-refractivity contribution in [2.24, 2.45) is 0 Å². The first-order chi connectivity index (χ1) is 9.81. The zero-order valence-electron chi connectivity index (χ0n) is 10.8. The molecule has 4 rings (SSSR count). The van der Waals surface area contributed by atoms with Crippen LogP contribution >= 0.6 is 11.3 Å². The number of fused-ring (bicyclic) bond motifs is 3. The van der Waals surface area contributed by atoms with Crippen LogP contribution in [0.5, 0.6) is 0 Å². The summed E-state index contributed by atoms with van der Waals surface area (Å²) in [6.45, 7) is 0.438. The van der Waals surface area contributed by atoms with Crippen molar-refractivity contribution in [1.82, 2.24) is 25.0 Å². The number of aromatic nitrogens is 5. The third kappa shape index (κ3) is 1.85. The van der Waals surface area contributed by atoms with Gasteiger partial charge in [-0.05, 0) is 31.2 Å². The molecule has 1 N–H and O–H groups in total. The highest BCUT2D eigenvalue weighted by Gasteiger charge is 2.19. The quantitative estimate of drug-likeness (QED) is 0.775. The predicted molar refractivity (Wildman–Crippen MR) is 76.0 cm³/mol.